The van der Waals surface area contributed by atoms with E-state index >= 15 is 0 Å². The Morgan fingerprint density at radius 1 is 1.29 bits per heavy atom. The highest BCUT2D eigenvalue weighted by molar-refractivity contribution is 7.89. The van der Waals surface area contributed by atoms with Gasteiger partial charge in [-0.15, -0.1) is 0 Å². The highest BCUT2D eigenvalue weighted by atomic mass is 32.2. The third-order valence-electron chi connectivity index (χ3n) is 2.83. The lowest BCUT2D eigenvalue weighted by Crippen LogP contribution is -2.14. The lowest BCUT2D eigenvalue weighted by molar-refractivity contribution is 0.287. The van der Waals surface area contributed by atoms with Gasteiger partial charge in [-0.3, -0.25) is 0 Å². The fourth-order valence-corrected chi connectivity index (χ4v) is 2.59. The molecular formula is C14H16N2O4S. The molecule has 6 nitrogen and oxygen atoms in total. The van der Waals surface area contributed by atoms with Crippen LogP contribution in [-0.2, 0) is 16.6 Å². The van der Waals surface area contributed by atoms with Crippen LogP contribution in [-0.4, -0.2) is 20.5 Å². The summed E-state index contributed by atoms with van der Waals surface area (Å²) >= 11 is 0. The lowest BCUT2D eigenvalue weighted by atomic mass is 10.2. The van der Waals surface area contributed by atoms with Crippen LogP contribution >= 0.6 is 0 Å². The number of primary sulfonamides is 1. The third kappa shape index (κ3) is 3.71. The number of hydrogen-bond donors (Lipinski definition) is 1. The average molecular weight is 308 g/mol. The maximum absolute atomic E-state index is 11.6. The Hall–Kier alpha value is -2.12. The summed E-state index contributed by atoms with van der Waals surface area (Å²) in [4.78, 5) is 4.01. The van der Waals surface area contributed by atoms with Crippen LogP contribution in [0.3, 0.4) is 0 Å². The SMILES string of the molecule is COc1ncccc1COc1ccc(C)cc1S(N)(=O)=O. The minimum atomic E-state index is -3.85. The number of sulfonamides is 1. The predicted molar refractivity (Wildman–Crippen MR) is 77.7 cm³/mol. The summed E-state index contributed by atoms with van der Waals surface area (Å²) in [6.45, 7) is 1.91. The van der Waals surface area contributed by atoms with E-state index in [0.29, 0.717) is 11.4 Å². The van der Waals surface area contributed by atoms with Crippen LogP contribution in [0.25, 0.3) is 0 Å². The molecule has 0 bridgehead atoms. The first kappa shape index (κ1) is 15.3. The van der Waals surface area contributed by atoms with E-state index in [2.05, 4.69) is 4.98 Å². The van der Waals surface area contributed by atoms with Crippen LogP contribution in [0.4, 0.5) is 0 Å². The van der Waals surface area contributed by atoms with Crippen LogP contribution in [0, 0.1) is 6.92 Å². The smallest absolute Gasteiger partial charge is 0.241 e. The second-order valence-corrected chi connectivity index (χ2v) is 5.99. The molecule has 1 heterocycles. The van der Waals surface area contributed by atoms with Gasteiger partial charge in [0, 0.05) is 6.20 Å². The maximum atomic E-state index is 11.6. The molecule has 0 amide bonds. The summed E-state index contributed by atoms with van der Waals surface area (Å²) < 4.78 is 33.9. The molecule has 0 spiro atoms. The van der Waals surface area contributed by atoms with Crippen molar-refractivity contribution < 1.29 is 17.9 Å². The molecule has 112 valence electrons. The number of aryl methyl sites for hydroxylation is 1. The van der Waals surface area contributed by atoms with Crippen molar-refractivity contribution >= 4 is 10.0 Å². The van der Waals surface area contributed by atoms with Crippen molar-refractivity contribution in [2.75, 3.05) is 7.11 Å². The zero-order valence-electron chi connectivity index (χ0n) is 11.7. The maximum Gasteiger partial charge on any atom is 0.241 e. The number of nitrogens with two attached hydrogens (primary N) is 1. The Bertz CT molecular complexity index is 744. The van der Waals surface area contributed by atoms with E-state index in [1.165, 1.54) is 13.2 Å². The second-order valence-electron chi connectivity index (χ2n) is 4.46. The molecule has 1 aromatic carbocycles. The van der Waals surface area contributed by atoms with Crippen LogP contribution in [0.1, 0.15) is 11.1 Å². The van der Waals surface area contributed by atoms with Gasteiger partial charge in [-0.1, -0.05) is 6.07 Å². The Morgan fingerprint density at radius 2 is 2.05 bits per heavy atom. The first-order valence-electron chi connectivity index (χ1n) is 6.16. The molecule has 7 heteroatoms. The van der Waals surface area contributed by atoms with Gasteiger partial charge in [0.2, 0.25) is 15.9 Å². The monoisotopic (exact) mass is 308 g/mol. The van der Waals surface area contributed by atoms with E-state index in [9.17, 15) is 8.42 Å². The number of aromatic nitrogens is 1. The average Bonchev–Trinajstić information content (AvgIpc) is 2.45. The Morgan fingerprint density at radius 3 is 2.71 bits per heavy atom. The van der Waals surface area contributed by atoms with E-state index in [4.69, 9.17) is 14.6 Å². The van der Waals surface area contributed by atoms with Crippen LogP contribution in [0.15, 0.2) is 41.4 Å². The van der Waals surface area contributed by atoms with E-state index in [0.717, 1.165) is 5.56 Å². The second kappa shape index (κ2) is 6.11. The number of benzene rings is 1. The van der Waals surface area contributed by atoms with Gasteiger partial charge >= 0.3 is 0 Å². The van der Waals surface area contributed by atoms with Gasteiger partial charge < -0.3 is 9.47 Å². The summed E-state index contributed by atoms with van der Waals surface area (Å²) in [6.07, 6.45) is 1.60. The number of methoxy groups -OCH3 is 1. The molecular weight excluding hydrogens is 292 g/mol. The molecule has 0 saturated carbocycles. The molecule has 0 fully saturated rings. The van der Waals surface area contributed by atoms with Crippen LogP contribution < -0.4 is 14.6 Å². The fraction of sp³-hybridized carbons (Fsp3) is 0.214. The summed E-state index contributed by atoms with van der Waals surface area (Å²) in [6, 6.07) is 8.35. The minimum absolute atomic E-state index is 0.0367. The van der Waals surface area contributed by atoms with Gasteiger partial charge in [0.25, 0.3) is 0 Å². The number of hydrogen-bond acceptors (Lipinski definition) is 5. The van der Waals surface area contributed by atoms with Gasteiger partial charge in [-0.2, -0.15) is 0 Å². The van der Waals surface area contributed by atoms with Crippen molar-refractivity contribution in [1.29, 1.82) is 0 Å². The highest BCUT2D eigenvalue weighted by Gasteiger charge is 2.16. The van der Waals surface area contributed by atoms with Crippen molar-refractivity contribution in [3.63, 3.8) is 0 Å². The summed E-state index contributed by atoms with van der Waals surface area (Å²) in [5, 5.41) is 5.21. The van der Waals surface area contributed by atoms with E-state index < -0.39 is 10.0 Å². The van der Waals surface area contributed by atoms with Gasteiger partial charge in [0.05, 0.1) is 12.7 Å². The molecule has 1 aromatic heterocycles. The third-order valence-corrected chi connectivity index (χ3v) is 3.76. The van der Waals surface area contributed by atoms with E-state index in [-0.39, 0.29) is 17.3 Å². The fourth-order valence-electron chi connectivity index (χ4n) is 1.83. The molecule has 0 aliphatic rings. The molecule has 2 N–H and O–H groups in total. The molecule has 0 radical (unpaired) electrons. The summed E-state index contributed by atoms with van der Waals surface area (Å²) in [5.74, 6) is 0.635. The van der Waals surface area contributed by atoms with Gasteiger partial charge in [-0.25, -0.2) is 18.5 Å². The Kier molecular flexibility index (Phi) is 4.44. The topological polar surface area (TPSA) is 91.5 Å². The van der Waals surface area contributed by atoms with E-state index in [1.54, 1.807) is 37.4 Å². The summed E-state index contributed by atoms with van der Waals surface area (Å²) in [5.41, 5.74) is 1.49. The summed E-state index contributed by atoms with van der Waals surface area (Å²) in [7, 11) is -2.34. The van der Waals surface area contributed by atoms with Crippen LogP contribution in [0.2, 0.25) is 0 Å². The number of pyridine rings is 1. The van der Waals surface area contributed by atoms with Crippen molar-refractivity contribution in [3.05, 3.63) is 47.7 Å². The molecule has 0 saturated heterocycles. The largest absolute Gasteiger partial charge is 0.487 e. The first-order valence-corrected chi connectivity index (χ1v) is 7.70. The predicted octanol–water partition coefficient (Wildman–Crippen LogP) is 1.63. The van der Waals surface area contributed by atoms with Gasteiger partial charge in [-0.05, 0) is 36.8 Å². The van der Waals surface area contributed by atoms with Gasteiger partial charge in [0.1, 0.15) is 17.3 Å². The Labute approximate surface area is 123 Å². The highest BCUT2D eigenvalue weighted by Crippen LogP contribution is 2.25. The first-order chi connectivity index (χ1) is 9.91. The van der Waals surface area contributed by atoms with Gasteiger partial charge in [0.15, 0.2) is 0 Å². The molecule has 21 heavy (non-hydrogen) atoms. The van der Waals surface area contributed by atoms with Crippen LogP contribution in [0.5, 0.6) is 11.6 Å². The molecule has 0 unspecified atom stereocenters. The van der Waals surface area contributed by atoms with E-state index in [1.807, 2.05) is 0 Å². The number of nitrogens with zero attached hydrogens (tertiary/aromatic N) is 1. The van der Waals surface area contributed by atoms with Crippen molar-refractivity contribution in [2.45, 2.75) is 18.4 Å². The zero-order valence-corrected chi connectivity index (χ0v) is 12.6. The zero-order chi connectivity index (χ0) is 15.5. The molecule has 2 rings (SSSR count). The molecule has 0 aliphatic carbocycles. The number of rotatable bonds is 5. The lowest BCUT2D eigenvalue weighted by Gasteiger charge is -2.12. The number of ether oxygens (including phenoxy) is 2. The van der Waals surface area contributed by atoms with Crippen molar-refractivity contribution in [1.82, 2.24) is 4.98 Å². The van der Waals surface area contributed by atoms with Crippen molar-refractivity contribution in [3.8, 4) is 11.6 Å². The Balaban J connectivity index is 2.29. The minimum Gasteiger partial charge on any atom is -0.487 e. The van der Waals surface area contributed by atoms with Crippen molar-refractivity contribution in [2.24, 2.45) is 5.14 Å². The normalized spacial score (nSPS) is 11.2. The quantitative estimate of drug-likeness (QED) is 0.906. The molecule has 2 aromatic rings. The standard InChI is InChI=1S/C14H16N2O4S/c1-10-5-6-12(13(8-10)21(15,17)18)20-9-11-4-3-7-16-14(11)19-2/h3-8H,9H2,1-2H3,(H2,15,17,18). The molecule has 0 aliphatic heterocycles. The molecule has 0 atom stereocenters.